The van der Waals surface area contributed by atoms with Crippen molar-refractivity contribution < 1.29 is 0 Å². The van der Waals surface area contributed by atoms with Crippen LogP contribution in [0.1, 0.15) is 43.2 Å². The summed E-state index contributed by atoms with van der Waals surface area (Å²) in [5.41, 5.74) is 5.22. The standard InChI is InChI=1S/C17H24N2S/c1-13-7-6-10-16(14(13)2)19-17(20)18-12-11-15-8-4-3-5-9-15/h6-8,10H,3-5,9,11-12H2,1-2H3,(H2,18,19,20). The quantitative estimate of drug-likeness (QED) is 0.631. The first kappa shape index (κ1) is 15.0. The minimum absolute atomic E-state index is 0.718. The number of anilines is 1. The van der Waals surface area contributed by atoms with E-state index in [1.54, 1.807) is 5.57 Å². The molecule has 108 valence electrons. The van der Waals surface area contributed by atoms with Crippen LogP contribution in [0.3, 0.4) is 0 Å². The van der Waals surface area contributed by atoms with Gasteiger partial charge in [-0.05, 0) is 75.4 Å². The molecule has 20 heavy (non-hydrogen) atoms. The number of rotatable bonds is 4. The molecule has 0 heterocycles. The molecule has 0 bridgehead atoms. The maximum Gasteiger partial charge on any atom is 0.170 e. The molecule has 0 spiro atoms. The number of hydrogen-bond acceptors (Lipinski definition) is 1. The number of nitrogens with one attached hydrogen (secondary N) is 2. The van der Waals surface area contributed by atoms with Gasteiger partial charge in [0.2, 0.25) is 0 Å². The number of aryl methyl sites for hydroxylation is 1. The lowest BCUT2D eigenvalue weighted by atomic mass is 9.97. The molecule has 1 aliphatic carbocycles. The SMILES string of the molecule is Cc1cccc(NC(=S)NCCC2=CCCCC2)c1C. The van der Waals surface area contributed by atoms with E-state index in [9.17, 15) is 0 Å². The van der Waals surface area contributed by atoms with Gasteiger partial charge >= 0.3 is 0 Å². The first-order valence-corrected chi connectivity index (χ1v) is 7.86. The average Bonchev–Trinajstić information content (AvgIpc) is 2.45. The Morgan fingerprint density at radius 3 is 2.85 bits per heavy atom. The lowest BCUT2D eigenvalue weighted by Crippen LogP contribution is -2.29. The summed E-state index contributed by atoms with van der Waals surface area (Å²) >= 11 is 5.36. The van der Waals surface area contributed by atoms with Crippen LogP contribution in [0.4, 0.5) is 5.69 Å². The summed E-state index contributed by atoms with van der Waals surface area (Å²) in [6.45, 7) is 5.15. The maximum absolute atomic E-state index is 5.36. The lowest BCUT2D eigenvalue weighted by Gasteiger charge is -2.16. The number of benzene rings is 1. The summed E-state index contributed by atoms with van der Waals surface area (Å²) in [7, 11) is 0. The smallest absolute Gasteiger partial charge is 0.170 e. The molecule has 1 aromatic rings. The molecule has 0 unspecified atom stereocenters. The van der Waals surface area contributed by atoms with E-state index in [4.69, 9.17) is 12.2 Å². The van der Waals surface area contributed by atoms with Gasteiger partial charge in [-0.2, -0.15) is 0 Å². The van der Waals surface area contributed by atoms with E-state index >= 15 is 0 Å². The molecule has 2 N–H and O–H groups in total. The fourth-order valence-corrected chi connectivity index (χ4v) is 2.73. The second kappa shape index (κ2) is 7.44. The van der Waals surface area contributed by atoms with Gasteiger partial charge in [0.1, 0.15) is 0 Å². The highest BCUT2D eigenvalue weighted by Gasteiger charge is 2.05. The van der Waals surface area contributed by atoms with Crippen molar-refractivity contribution in [3.05, 3.63) is 41.0 Å². The highest BCUT2D eigenvalue weighted by molar-refractivity contribution is 7.80. The van der Waals surface area contributed by atoms with Gasteiger partial charge in [-0.1, -0.05) is 23.8 Å². The number of thiocarbonyl (C=S) groups is 1. The second-order valence-corrected chi connectivity index (χ2v) is 5.89. The third-order valence-corrected chi connectivity index (χ3v) is 4.22. The fraction of sp³-hybridized carbons (Fsp3) is 0.471. The Hall–Kier alpha value is -1.35. The third kappa shape index (κ3) is 4.34. The summed E-state index contributed by atoms with van der Waals surface area (Å²) in [6, 6.07) is 6.24. The van der Waals surface area contributed by atoms with E-state index in [2.05, 4.69) is 48.8 Å². The summed E-state index contributed by atoms with van der Waals surface area (Å²) in [5.74, 6) is 0. The van der Waals surface area contributed by atoms with E-state index < -0.39 is 0 Å². The van der Waals surface area contributed by atoms with Gasteiger partial charge in [0, 0.05) is 12.2 Å². The topological polar surface area (TPSA) is 24.1 Å². The van der Waals surface area contributed by atoms with Gasteiger partial charge in [0.15, 0.2) is 5.11 Å². The van der Waals surface area contributed by atoms with Gasteiger partial charge in [0.05, 0.1) is 0 Å². The highest BCUT2D eigenvalue weighted by atomic mass is 32.1. The van der Waals surface area contributed by atoms with Gasteiger partial charge < -0.3 is 10.6 Å². The van der Waals surface area contributed by atoms with Crippen LogP contribution in [0.2, 0.25) is 0 Å². The Kier molecular flexibility index (Phi) is 5.60. The molecule has 3 heteroatoms. The van der Waals surface area contributed by atoms with Crippen LogP contribution in [0.25, 0.3) is 0 Å². The zero-order valence-corrected chi connectivity index (χ0v) is 13.3. The third-order valence-electron chi connectivity index (χ3n) is 3.97. The van der Waals surface area contributed by atoms with Crippen LogP contribution in [-0.4, -0.2) is 11.7 Å². The molecule has 0 saturated heterocycles. The van der Waals surface area contributed by atoms with Gasteiger partial charge in [0.25, 0.3) is 0 Å². The van der Waals surface area contributed by atoms with Crippen molar-refractivity contribution in [1.29, 1.82) is 0 Å². The molecular formula is C17H24N2S. The highest BCUT2D eigenvalue weighted by Crippen LogP contribution is 2.20. The van der Waals surface area contributed by atoms with Crippen molar-refractivity contribution in [1.82, 2.24) is 5.32 Å². The predicted molar refractivity (Wildman–Crippen MR) is 91.3 cm³/mol. The normalized spacial score (nSPS) is 14.6. The zero-order valence-electron chi connectivity index (χ0n) is 12.5. The number of hydrogen-bond donors (Lipinski definition) is 2. The van der Waals surface area contributed by atoms with Crippen LogP contribution < -0.4 is 10.6 Å². The molecule has 0 saturated carbocycles. The maximum atomic E-state index is 5.36. The summed E-state index contributed by atoms with van der Waals surface area (Å²) in [4.78, 5) is 0. The average molecular weight is 288 g/mol. The molecule has 0 amide bonds. The van der Waals surface area contributed by atoms with E-state index in [0.717, 1.165) is 23.8 Å². The Morgan fingerprint density at radius 1 is 1.25 bits per heavy atom. The largest absolute Gasteiger partial charge is 0.362 e. The summed E-state index contributed by atoms with van der Waals surface area (Å²) < 4.78 is 0. The van der Waals surface area contributed by atoms with E-state index in [1.807, 2.05) is 0 Å². The Morgan fingerprint density at radius 2 is 2.10 bits per heavy atom. The molecule has 2 rings (SSSR count). The van der Waals surface area contributed by atoms with Crippen molar-refractivity contribution in [2.45, 2.75) is 46.0 Å². The fourth-order valence-electron chi connectivity index (χ4n) is 2.52. The van der Waals surface area contributed by atoms with E-state index in [0.29, 0.717) is 0 Å². The van der Waals surface area contributed by atoms with Crippen molar-refractivity contribution in [3.8, 4) is 0 Å². The van der Waals surface area contributed by atoms with Crippen LogP contribution in [0.5, 0.6) is 0 Å². The zero-order chi connectivity index (χ0) is 14.4. The number of allylic oxidation sites excluding steroid dienone is 1. The molecule has 2 nitrogen and oxygen atoms in total. The first-order valence-electron chi connectivity index (χ1n) is 7.46. The Bertz CT molecular complexity index is 506. The lowest BCUT2D eigenvalue weighted by molar-refractivity contribution is 0.669. The molecular weight excluding hydrogens is 264 g/mol. The van der Waals surface area contributed by atoms with Crippen molar-refractivity contribution in [2.75, 3.05) is 11.9 Å². The summed E-state index contributed by atoms with van der Waals surface area (Å²) in [5, 5.41) is 7.31. The first-order chi connectivity index (χ1) is 9.66. The predicted octanol–water partition coefficient (Wildman–Crippen LogP) is 4.48. The van der Waals surface area contributed by atoms with Crippen LogP contribution in [0, 0.1) is 13.8 Å². The minimum atomic E-state index is 0.718. The molecule has 0 aromatic heterocycles. The molecule has 1 aromatic carbocycles. The van der Waals surface area contributed by atoms with E-state index in [-0.39, 0.29) is 0 Å². The summed E-state index contributed by atoms with van der Waals surface area (Å²) in [6.07, 6.45) is 8.71. The molecule has 0 aliphatic heterocycles. The van der Waals surface area contributed by atoms with Crippen molar-refractivity contribution in [3.63, 3.8) is 0 Å². The van der Waals surface area contributed by atoms with E-state index in [1.165, 1.54) is 36.8 Å². The molecule has 0 radical (unpaired) electrons. The molecule has 0 fully saturated rings. The molecule has 1 aliphatic rings. The van der Waals surface area contributed by atoms with Crippen LogP contribution >= 0.6 is 12.2 Å². The Balaban J connectivity index is 1.78. The van der Waals surface area contributed by atoms with Gasteiger partial charge in [-0.25, -0.2) is 0 Å². The van der Waals surface area contributed by atoms with Crippen LogP contribution in [-0.2, 0) is 0 Å². The minimum Gasteiger partial charge on any atom is -0.362 e. The monoisotopic (exact) mass is 288 g/mol. The van der Waals surface area contributed by atoms with Crippen molar-refractivity contribution >= 4 is 23.0 Å². The van der Waals surface area contributed by atoms with Crippen LogP contribution in [0.15, 0.2) is 29.8 Å². The van der Waals surface area contributed by atoms with Crippen molar-refractivity contribution in [2.24, 2.45) is 0 Å². The second-order valence-electron chi connectivity index (χ2n) is 5.49. The van der Waals surface area contributed by atoms with Gasteiger partial charge in [-0.15, -0.1) is 0 Å². The Labute approximate surface area is 127 Å². The molecule has 0 atom stereocenters. The van der Waals surface area contributed by atoms with Gasteiger partial charge in [-0.3, -0.25) is 0 Å².